The molecule has 6 heteroatoms. The van der Waals surface area contributed by atoms with Gasteiger partial charge in [-0.05, 0) is 40.2 Å². The summed E-state index contributed by atoms with van der Waals surface area (Å²) >= 11 is 3.38. The van der Waals surface area contributed by atoms with Crippen LogP contribution in [0.3, 0.4) is 0 Å². The number of hydrogen-bond donors (Lipinski definition) is 1. The lowest BCUT2D eigenvalue weighted by molar-refractivity contribution is 0.169. The van der Waals surface area contributed by atoms with E-state index in [9.17, 15) is 5.11 Å². The molecular formula is C16H17BrN2O3. The molecule has 0 radical (unpaired) electrons. The summed E-state index contributed by atoms with van der Waals surface area (Å²) in [6.07, 6.45) is 1.10. The minimum atomic E-state index is -0.653. The first-order valence-electron chi connectivity index (χ1n) is 6.92. The molecule has 1 N–H and O–H groups in total. The molecule has 0 fully saturated rings. The standard InChI is InChI=1S/C16H17BrN2O3/c1-21-13-4-5-14(22-2)16-11(13)8-19(9-12(16)20)15-6-3-10(17)7-18-15/h3-7,12,20H,8-9H2,1-2H3. The Morgan fingerprint density at radius 1 is 1.18 bits per heavy atom. The number of rotatable bonds is 3. The van der Waals surface area contributed by atoms with Crippen LogP contribution in [0.25, 0.3) is 0 Å². The van der Waals surface area contributed by atoms with Crippen LogP contribution in [0.1, 0.15) is 17.2 Å². The van der Waals surface area contributed by atoms with E-state index in [-0.39, 0.29) is 0 Å². The number of pyridine rings is 1. The van der Waals surface area contributed by atoms with Crippen LogP contribution in [-0.4, -0.2) is 30.9 Å². The summed E-state index contributed by atoms with van der Waals surface area (Å²) in [5, 5.41) is 10.6. The number of ether oxygens (including phenoxy) is 2. The third-order valence-corrected chi connectivity index (χ3v) is 4.29. The predicted octanol–water partition coefficient (Wildman–Crippen LogP) is 2.91. The number of β-amino-alcohol motifs (C(OH)–C–C–N with tert-alkyl or cyclic N) is 1. The number of anilines is 1. The van der Waals surface area contributed by atoms with E-state index in [0.29, 0.717) is 18.8 Å². The Balaban J connectivity index is 2.02. The molecule has 116 valence electrons. The van der Waals surface area contributed by atoms with Crippen LogP contribution >= 0.6 is 15.9 Å². The molecule has 1 aliphatic heterocycles. The fourth-order valence-corrected chi connectivity index (χ4v) is 3.04. The number of nitrogens with zero attached hydrogens (tertiary/aromatic N) is 2. The molecule has 3 rings (SSSR count). The molecule has 1 aromatic heterocycles. The Hall–Kier alpha value is -1.79. The van der Waals surface area contributed by atoms with Crippen molar-refractivity contribution in [3.8, 4) is 11.5 Å². The smallest absolute Gasteiger partial charge is 0.128 e. The molecule has 5 nitrogen and oxygen atoms in total. The van der Waals surface area contributed by atoms with E-state index in [2.05, 4.69) is 20.9 Å². The Morgan fingerprint density at radius 3 is 2.55 bits per heavy atom. The highest BCUT2D eigenvalue weighted by atomic mass is 79.9. The molecule has 2 aromatic rings. The molecule has 1 aliphatic rings. The van der Waals surface area contributed by atoms with Crippen LogP contribution in [0, 0.1) is 0 Å². The quantitative estimate of drug-likeness (QED) is 0.907. The summed E-state index contributed by atoms with van der Waals surface area (Å²) in [6, 6.07) is 7.55. The highest BCUT2D eigenvalue weighted by Gasteiger charge is 2.30. The lowest BCUT2D eigenvalue weighted by atomic mass is 9.95. The normalized spacial score (nSPS) is 17.1. The molecule has 0 amide bonds. The lowest BCUT2D eigenvalue weighted by Crippen LogP contribution is -2.34. The van der Waals surface area contributed by atoms with Crippen molar-refractivity contribution in [3.05, 3.63) is 46.1 Å². The van der Waals surface area contributed by atoms with Crippen molar-refractivity contribution in [3.63, 3.8) is 0 Å². The van der Waals surface area contributed by atoms with Crippen molar-refractivity contribution in [2.75, 3.05) is 25.7 Å². The van der Waals surface area contributed by atoms with E-state index in [0.717, 1.165) is 27.2 Å². The SMILES string of the molecule is COc1ccc(OC)c2c1CN(c1ccc(Br)cn1)CC2O. The third kappa shape index (κ3) is 2.64. The van der Waals surface area contributed by atoms with Crippen LogP contribution < -0.4 is 14.4 Å². The summed E-state index contributed by atoms with van der Waals surface area (Å²) in [5.74, 6) is 2.25. The maximum absolute atomic E-state index is 10.6. The van der Waals surface area contributed by atoms with Crippen LogP contribution in [0.15, 0.2) is 34.9 Å². The van der Waals surface area contributed by atoms with Crippen molar-refractivity contribution in [2.45, 2.75) is 12.6 Å². The monoisotopic (exact) mass is 364 g/mol. The number of halogens is 1. The molecule has 1 aromatic carbocycles. The first-order valence-corrected chi connectivity index (χ1v) is 7.71. The second kappa shape index (κ2) is 6.14. The molecule has 0 aliphatic carbocycles. The fourth-order valence-electron chi connectivity index (χ4n) is 2.81. The summed E-state index contributed by atoms with van der Waals surface area (Å²) in [7, 11) is 3.24. The van der Waals surface area contributed by atoms with Gasteiger partial charge in [-0.1, -0.05) is 0 Å². The average Bonchev–Trinajstić information content (AvgIpc) is 2.54. The Labute approximate surface area is 137 Å². The van der Waals surface area contributed by atoms with Gasteiger partial charge in [0.2, 0.25) is 0 Å². The van der Waals surface area contributed by atoms with Gasteiger partial charge in [0.15, 0.2) is 0 Å². The van der Waals surface area contributed by atoms with E-state index >= 15 is 0 Å². The third-order valence-electron chi connectivity index (χ3n) is 3.83. The zero-order valence-electron chi connectivity index (χ0n) is 12.4. The van der Waals surface area contributed by atoms with Gasteiger partial charge in [0.25, 0.3) is 0 Å². The molecule has 1 atom stereocenters. The summed E-state index contributed by atoms with van der Waals surface area (Å²) < 4.78 is 11.8. The Bertz CT molecular complexity index is 676. The number of aliphatic hydroxyl groups excluding tert-OH is 1. The second-order valence-electron chi connectivity index (χ2n) is 5.09. The minimum Gasteiger partial charge on any atom is -0.496 e. The molecule has 0 saturated carbocycles. The molecule has 2 heterocycles. The zero-order valence-corrected chi connectivity index (χ0v) is 14.0. The van der Waals surface area contributed by atoms with Gasteiger partial charge in [0.1, 0.15) is 23.4 Å². The highest BCUT2D eigenvalue weighted by Crippen LogP contribution is 2.40. The predicted molar refractivity (Wildman–Crippen MR) is 87.5 cm³/mol. The number of aromatic nitrogens is 1. The van der Waals surface area contributed by atoms with Crippen LogP contribution in [0.5, 0.6) is 11.5 Å². The van der Waals surface area contributed by atoms with Gasteiger partial charge in [0.05, 0.1) is 20.8 Å². The van der Waals surface area contributed by atoms with Crippen LogP contribution in [-0.2, 0) is 6.54 Å². The van der Waals surface area contributed by atoms with Gasteiger partial charge in [0, 0.05) is 28.3 Å². The minimum absolute atomic E-state index is 0.463. The van der Waals surface area contributed by atoms with E-state index in [1.165, 1.54) is 0 Å². The van der Waals surface area contributed by atoms with Crippen molar-refractivity contribution in [2.24, 2.45) is 0 Å². The molecule has 0 bridgehead atoms. The van der Waals surface area contributed by atoms with Crippen molar-refractivity contribution < 1.29 is 14.6 Å². The molecule has 0 saturated heterocycles. The van der Waals surface area contributed by atoms with Crippen LogP contribution in [0.2, 0.25) is 0 Å². The van der Waals surface area contributed by atoms with Gasteiger partial charge in [-0.25, -0.2) is 4.98 Å². The Morgan fingerprint density at radius 2 is 1.91 bits per heavy atom. The van der Waals surface area contributed by atoms with Gasteiger partial charge in [-0.15, -0.1) is 0 Å². The van der Waals surface area contributed by atoms with Gasteiger partial charge in [-0.2, -0.15) is 0 Å². The van der Waals surface area contributed by atoms with Crippen molar-refractivity contribution in [1.82, 2.24) is 4.98 Å². The number of methoxy groups -OCH3 is 2. The molecule has 1 unspecified atom stereocenters. The van der Waals surface area contributed by atoms with E-state index in [1.54, 1.807) is 20.4 Å². The highest BCUT2D eigenvalue weighted by molar-refractivity contribution is 9.10. The first-order chi connectivity index (χ1) is 10.6. The lowest BCUT2D eigenvalue weighted by Gasteiger charge is -2.34. The average molecular weight is 365 g/mol. The van der Waals surface area contributed by atoms with E-state index in [4.69, 9.17) is 9.47 Å². The molecular weight excluding hydrogens is 348 g/mol. The number of benzene rings is 1. The van der Waals surface area contributed by atoms with Crippen molar-refractivity contribution in [1.29, 1.82) is 0 Å². The van der Waals surface area contributed by atoms with Gasteiger partial charge in [-0.3, -0.25) is 0 Å². The summed E-state index contributed by atoms with van der Waals surface area (Å²) in [5.41, 5.74) is 1.74. The van der Waals surface area contributed by atoms with Gasteiger partial charge < -0.3 is 19.5 Å². The van der Waals surface area contributed by atoms with E-state index < -0.39 is 6.10 Å². The summed E-state index contributed by atoms with van der Waals surface area (Å²) in [6.45, 7) is 1.08. The maximum atomic E-state index is 10.6. The number of hydrogen-bond acceptors (Lipinski definition) is 5. The second-order valence-corrected chi connectivity index (χ2v) is 6.01. The first kappa shape index (κ1) is 15.1. The summed E-state index contributed by atoms with van der Waals surface area (Å²) in [4.78, 5) is 6.43. The fraction of sp³-hybridized carbons (Fsp3) is 0.312. The van der Waals surface area contributed by atoms with Crippen LogP contribution in [0.4, 0.5) is 5.82 Å². The number of aliphatic hydroxyl groups is 1. The Kier molecular flexibility index (Phi) is 4.22. The number of fused-ring (bicyclic) bond motifs is 1. The largest absolute Gasteiger partial charge is 0.496 e. The molecule has 22 heavy (non-hydrogen) atoms. The van der Waals surface area contributed by atoms with Gasteiger partial charge >= 0.3 is 0 Å². The zero-order chi connectivity index (χ0) is 15.7. The van der Waals surface area contributed by atoms with E-state index in [1.807, 2.05) is 29.2 Å². The van der Waals surface area contributed by atoms with Crippen molar-refractivity contribution >= 4 is 21.7 Å². The molecule has 0 spiro atoms. The maximum Gasteiger partial charge on any atom is 0.128 e. The topological polar surface area (TPSA) is 54.8 Å².